The zero-order valence-corrected chi connectivity index (χ0v) is 13.2. The van der Waals surface area contributed by atoms with Crippen LogP contribution in [0.5, 0.6) is 0 Å². The molecular weight excluding hydrogens is 340 g/mol. The smallest absolute Gasteiger partial charge is 0.226 e. The van der Waals surface area contributed by atoms with Crippen LogP contribution in [0.4, 0.5) is 11.8 Å². The first-order chi connectivity index (χ1) is 9.76. The van der Waals surface area contributed by atoms with E-state index in [0.717, 1.165) is 21.7 Å². The summed E-state index contributed by atoms with van der Waals surface area (Å²) < 4.78 is 1.12. The van der Waals surface area contributed by atoms with Gasteiger partial charge in [-0.1, -0.05) is 0 Å². The molecule has 0 bridgehead atoms. The summed E-state index contributed by atoms with van der Waals surface area (Å²) in [6, 6.07) is 4.12. The molecule has 0 aliphatic rings. The van der Waals surface area contributed by atoms with Crippen molar-refractivity contribution in [3.63, 3.8) is 0 Å². The molecule has 0 unspecified atom stereocenters. The van der Waals surface area contributed by atoms with Crippen molar-refractivity contribution in [3.8, 4) is 0 Å². The van der Waals surface area contributed by atoms with E-state index in [1.165, 1.54) is 4.88 Å². The molecule has 104 valence electrons. The van der Waals surface area contributed by atoms with E-state index >= 15 is 0 Å². The lowest BCUT2D eigenvalue weighted by Gasteiger charge is -2.07. The molecule has 3 aromatic rings. The molecule has 3 heterocycles. The molecule has 0 fully saturated rings. The zero-order valence-electron chi connectivity index (χ0n) is 10.8. The zero-order chi connectivity index (χ0) is 13.9. The van der Waals surface area contributed by atoms with Crippen LogP contribution in [0.3, 0.4) is 0 Å². The van der Waals surface area contributed by atoms with Gasteiger partial charge in [0, 0.05) is 11.4 Å². The lowest BCUT2D eigenvalue weighted by atomic mass is 10.4. The standard InChI is InChI=1S/C12H13BrN6S/c1-2-14-12-18-10(9-11(19-12)17-6-16-9)15-5-7-3-4-8(13)20-7/h3-4,6H,2,5H2,1H3,(H3,14,15,16,17,18,19). The topological polar surface area (TPSA) is 78.5 Å². The normalized spacial score (nSPS) is 10.9. The Hall–Kier alpha value is -1.67. The van der Waals surface area contributed by atoms with Gasteiger partial charge in [-0.15, -0.1) is 11.3 Å². The molecule has 3 N–H and O–H groups in total. The van der Waals surface area contributed by atoms with Crippen LogP contribution >= 0.6 is 27.3 Å². The quantitative estimate of drug-likeness (QED) is 0.656. The van der Waals surface area contributed by atoms with Gasteiger partial charge in [-0.25, -0.2) is 4.98 Å². The van der Waals surface area contributed by atoms with E-state index in [-0.39, 0.29) is 0 Å². The number of halogens is 1. The number of nitrogens with zero attached hydrogens (tertiary/aromatic N) is 3. The van der Waals surface area contributed by atoms with Gasteiger partial charge in [0.1, 0.15) is 5.52 Å². The maximum atomic E-state index is 4.47. The number of thiophene rings is 1. The Balaban J connectivity index is 1.87. The fraction of sp³-hybridized carbons (Fsp3) is 0.250. The molecule has 0 amide bonds. The highest BCUT2D eigenvalue weighted by Gasteiger charge is 2.09. The third-order valence-electron chi connectivity index (χ3n) is 2.68. The molecule has 0 aliphatic heterocycles. The maximum absolute atomic E-state index is 4.47. The molecule has 6 nitrogen and oxygen atoms in total. The van der Waals surface area contributed by atoms with E-state index in [4.69, 9.17) is 0 Å². The van der Waals surface area contributed by atoms with Gasteiger partial charge in [0.15, 0.2) is 11.5 Å². The maximum Gasteiger partial charge on any atom is 0.226 e. The number of aromatic amines is 1. The predicted octanol–water partition coefficient (Wildman–Crippen LogP) is 3.22. The molecular formula is C12H13BrN6S. The first-order valence-corrected chi connectivity index (χ1v) is 7.80. The number of imidazole rings is 1. The Bertz CT molecular complexity index is 722. The number of nitrogens with one attached hydrogen (secondary N) is 3. The predicted molar refractivity (Wildman–Crippen MR) is 85.2 cm³/mol. The van der Waals surface area contributed by atoms with Gasteiger partial charge >= 0.3 is 0 Å². The lowest BCUT2D eigenvalue weighted by Crippen LogP contribution is -2.07. The summed E-state index contributed by atoms with van der Waals surface area (Å²) in [5, 5.41) is 6.44. The number of anilines is 2. The Morgan fingerprint density at radius 3 is 2.95 bits per heavy atom. The number of fused-ring (bicyclic) bond motifs is 1. The number of aromatic nitrogens is 4. The molecule has 20 heavy (non-hydrogen) atoms. The Kier molecular flexibility index (Phi) is 3.83. The first-order valence-electron chi connectivity index (χ1n) is 6.19. The van der Waals surface area contributed by atoms with E-state index in [1.54, 1.807) is 17.7 Å². The average molecular weight is 353 g/mol. The van der Waals surface area contributed by atoms with Crippen molar-refractivity contribution < 1.29 is 0 Å². The Labute approximate surface area is 128 Å². The van der Waals surface area contributed by atoms with Gasteiger partial charge in [-0.2, -0.15) is 9.97 Å². The summed E-state index contributed by atoms with van der Waals surface area (Å²) in [6.07, 6.45) is 1.63. The van der Waals surface area contributed by atoms with Crippen LogP contribution in [-0.4, -0.2) is 26.5 Å². The van der Waals surface area contributed by atoms with Gasteiger partial charge in [0.05, 0.1) is 16.7 Å². The molecule has 0 saturated carbocycles. The van der Waals surface area contributed by atoms with Crippen LogP contribution in [0.1, 0.15) is 11.8 Å². The van der Waals surface area contributed by atoms with Crippen LogP contribution < -0.4 is 10.6 Å². The minimum absolute atomic E-state index is 0.585. The minimum atomic E-state index is 0.585. The van der Waals surface area contributed by atoms with Crippen LogP contribution in [0.15, 0.2) is 22.2 Å². The second-order valence-corrected chi connectivity index (χ2v) is 6.63. The van der Waals surface area contributed by atoms with Crippen molar-refractivity contribution in [2.45, 2.75) is 13.5 Å². The summed E-state index contributed by atoms with van der Waals surface area (Å²) in [4.78, 5) is 17.3. The third-order valence-corrected chi connectivity index (χ3v) is 4.30. The Morgan fingerprint density at radius 1 is 1.30 bits per heavy atom. The fourth-order valence-electron chi connectivity index (χ4n) is 1.82. The van der Waals surface area contributed by atoms with Gasteiger partial charge < -0.3 is 15.6 Å². The summed E-state index contributed by atoms with van der Waals surface area (Å²) in [5.41, 5.74) is 1.48. The highest BCUT2D eigenvalue weighted by Crippen LogP contribution is 2.24. The van der Waals surface area contributed by atoms with E-state index in [2.05, 4.69) is 52.6 Å². The second kappa shape index (κ2) is 5.76. The van der Waals surface area contributed by atoms with Crippen molar-refractivity contribution in [3.05, 3.63) is 27.1 Å². The molecule has 0 saturated heterocycles. The average Bonchev–Trinajstić information content (AvgIpc) is 3.05. The van der Waals surface area contributed by atoms with Crippen molar-refractivity contribution in [2.75, 3.05) is 17.2 Å². The number of H-pyrrole nitrogens is 1. The molecule has 3 aromatic heterocycles. The van der Waals surface area contributed by atoms with Gasteiger partial charge in [-0.05, 0) is 35.0 Å². The summed E-state index contributed by atoms with van der Waals surface area (Å²) in [5.74, 6) is 1.34. The number of hydrogen-bond donors (Lipinski definition) is 3. The van der Waals surface area contributed by atoms with Crippen LogP contribution in [0, 0.1) is 0 Å². The van der Waals surface area contributed by atoms with E-state index in [0.29, 0.717) is 18.1 Å². The SMILES string of the molecule is CCNc1nc(NCc2ccc(Br)s2)c2[nH]cnc2n1. The fourth-order valence-corrected chi connectivity index (χ4v) is 3.24. The highest BCUT2D eigenvalue weighted by atomic mass is 79.9. The number of hydrogen-bond acceptors (Lipinski definition) is 6. The molecule has 8 heteroatoms. The van der Waals surface area contributed by atoms with E-state index in [1.807, 2.05) is 13.0 Å². The van der Waals surface area contributed by atoms with Crippen LogP contribution in [0.2, 0.25) is 0 Å². The monoisotopic (exact) mass is 352 g/mol. The van der Waals surface area contributed by atoms with Gasteiger partial charge in [0.2, 0.25) is 5.95 Å². The number of rotatable bonds is 5. The van der Waals surface area contributed by atoms with Crippen molar-refractivity contribution in [1.29, 1.82) is 0 Å². The molecule has 3 rings (SSSR count). The van der Waals surface area contributed by atoms with Crippen molar-refractivity contribution in [1.82, 2.24) is 19.9 Å². The lowest BCUT2D eigenvalue weighted by molar-refractivity contribution is 1.08. The first kappa shape index (κ1) is 13.3. The molecule has 0 spiro atoms. The molecule has 0 aliphatic carbocycles. The molecule has 0 atom stereocenters. The van der Waals surface area contributed by atoms with Gasteiger partial charge in [-0.3, -0.25) is 0 Å². The second-order valence-electron chi connectivity index (χ2n) is 4.09. The minimum Gasteiger partial charge on any atom is -0.363 e. The van der Waals surface area contributed by atoms with E-state index < -0.39 is 0 Å². The van der Waals surface area contributed by atoms with Gasteiger partial charge in [0.25, 0.3) is 0 Å². The summed E-state index contributed by atoms with van der Waals surface area (Å²) >= 11 is 5.16. The summed E-state index contributed by atoms with van der Waals surface area (Å²) in [6.45, 7) is 3.49. The third kappa shape index (κ3) is 2.75. The van der Waals surface area contributed by atoms with Crippen LogP contribution in [-0.2, 0) is 6.54 Å². The Morgan fingerprint density at radius 2 is 2.20 bits per heavy atom. The largest absolute Gasteiger partial charge is 0.363 e. The van der Waals surface area contributed by atoms with Crippen molar-refractivity contribution >= 4 is 50.2 Å². The van der Waals surface area contributed by atoms with Crippen molar-refractivity contribution in [2.24, 2.45) is 0 Å². The van der Waals surface area contributed by atoms with Crippen LogP contribution in [0.25, 0.3) is 11.2 Å². The van der Waals surface area contributed by atoms with E-state index in [9.17, 15) is 0 Å². The summed E-state index contributed by atoms with van der Waals surface area (Å²) in [7, 11) is 0. The molecule has 0 aromatic carbocycles. The highest BCUT2D eigenvalue weighted by molar-refractivity contribution is 9.11. The molecule has 0 radical (unpaired) electrons.